The zero-order chi connectivity index (χ0) is 25.1. The van der Waals surface area contributed by atoms with Gasteiger partial charge in [0.1, 0.15) is 12.2 Å². The molecule has 35 heavy (non-hydrogen) atoms. The number of hydrogen-bond donors (Lipinski definition) is 1. The van der Waals surface area contributed by atoms with Crippen LogP contribution in [0.3, 0.4) is 0 Å². The van der Waals surface area contributed by atoms with Crippen molar-refractivity contribution in [2.45, 2.75) is 13.5 Å². The molecule has 0 radical (unpaired) electrons. The third-order valence-electron chi connectivity index (χ3n) is 5.31. The number of nitrogens with zero attached hydrogens (tertiary/aromatic N) is 1. The summed E-state index contributed by atoms with van der Waals surface area (Å²) >= 11 is 5.65. The highest BCUT2D eigenvalue weighted by molar-refractivity contribution is 14.1. The largest absolute Gasteiger partial charge is 0.493 e. The molecule has 0 saturated carbocycles. The minimum absolute atomic E-state index is 0.167. The normalized spacial score (nSPS) is 14.8. The molecule has 4 amide bonds. The van der Waals surface area contributed by atoms with E-state index in [0.29, 0.717) is 29.4 Å². The molecule has 9 heteroatoms. The molecule has 3 aromatic rings. The van der Waals surface area contributed by atoms with Gasteiger partial charge in [0, 0.05) is 8.04 Å². The van der Waals surface area contributed by atoms with Crippen LogP contribution in [-0.4, -0.2) is 25.0 Å². The van der Waals surface area contributed by atoms with Crippen molar-refractivity contribution in [2.75, 3.05) is 12.0 Å². The second-order valence-corrected chi connectivity index (χ2v) is 9.82. The third-order valence-corrected chi connectivity index (χ3v) is 6.92. The Kier molecular flexibility index (Phi) is 7.56. The summed E-state index contributed by atoms with van der Waals surface area (Å²) < 4.78 is 13.3. The zero-order valence-electron chi connectivity index (χ0n) is 18.8. The molecule has 0 atom stereocenters. The van der Waals surface area contributed by atoms with Crippen molar-refractivity contribution < 1.29 is 23.9 Å². The van der Waals surface area contributed by atoms with E-state index < -0.39 is 17.8 Å². The molecule has 1 fully saturated rings. The molecule has 4 rings (SSSR count). The molecule has 1 N–H and O–H groups in total. The van der Waals surface area contributed by atoms with Gasteiger partial charge in [0.2, 0.25) is 0 Å². The van der Waals surface area contributed by atoms with Crippen molar-refractivity contribution in [2.24, 2.45) is 0 Å². The second-order valence-electron chi connectivity index (χ2n) is 7.72. The molecule has 1 aliphatic heterocycles. The lowest BCUT2D eigenvalue weighted by Gasteiger charge is -2.26. The van der Waals surface area contributed by atoms with Crippen LogP contribution in [0.4, 0.5) is 10.5 Å². The van der Waals surface area contributed by atoms with E-state index in [9.17, 15) is 14.4 Å². The Labute approximate surface area is 224 Å². The Balaban J connectivity index is 1.59. The van der Waals surface area contributed by atoms with Crippen LogP contribution < -0.4 is 19.7 Å². The lowest BCUT2D eigenvalue weighted by atomic mass is 10.1. The first-order valence-electron chi connectivity index (χ1n) is 10.5. The first kappa shape index (κ1) is 24.9. The predicted molar refractivity (Wildman–Crippen MR) is 144 cm³/mol. The van der Waals surface area contributed by atoms with Crippen LogP contribution in [0.5, 0.6) is 11.5 Å². The molecule has 1 saturated heterocycles. The lowest BCUT2D eigenvalue weighted by Crippen LogP contribution is -2.54. The number of halogens is 2. The predicted octanol–water partition coefficient (Wildman–Crippen LogP) is 5.62. The molecular formula is C26H20BrIN2O5. The van der Waals surface area contributed by atoms with Gasteiger partial charge in [-0.1, -0.05) is 34.1 Å². The van der Waals surface area contributed by atoms with Crippen molar-refractivity contribution in [1.82, 2.24) is 5.32 Å². The van der Waals surface area contributed by atoms with E-state index in [-0.39, 0.29) is 5.57 Å². The summed E-state index contributed by atoms with van der Waals surface area (Å²) in [5, 5.41) is 2.24. The van der Waals surface area contributed by atoms with E-state index in [0.717, 1.165) is 24.1 Å². The molecule has 0 aromatic heterocycles. The van der Waals surface area contributed by atoms with Crippen LogP contribution in [0.25, 0.3) is 6.08 Å². The highest BCUT2D eigenvalue weighted by Crippen LogP contribution is 2.31. The summed E-state index contributed by atoms with van der Waals surface area (Å²) in [5.41, 5.74) is 2.60. The van der Waals surface area contributed by atoms with Gasteiger partial charge in [-0.05, 0) is 94.7 Å². The van der Waals surface area contributed by atoms with Crippen LogP contribution in [-0.2, 0) is 16.2 Å². The van der Waals surface area contributed by atoms with Crippen LogP contribution >= 0.6 is 38.5 Å². The Bertz CT molecular complexity index is 1350. The Morgan fingerprint density at radius 2 is 1.74 bits per heavy atom. The Morgan fingerprint density at radius 1 is 1.00 bits per heavy atom. The molecule has 178 valence electrons. The fourth-order valence-corrected chi connectivity index (χ4v) is 4.07. The van der Waals surface area contributed by atoms with Gasteiger partial charge in [-0.2, -0.15) is 0 Å². The van der Waals surface area contributed by atoms with Crippen molar-refractivity contribution in [3.8, 4) is 11.5 Å². The molecule has 0 aliphatic carbocycles. The lowest BCUT2D eigenvalue weighted by molar-refractivity contribution is -0.122. The molecule has 1 heterocycles. The minimum Gasteiger partial charge on any atom is -0.493 e. The number of methoxy groups -OCH3 is 1. The Hall–Kier alpha value is -3.18. The number of aryl methyl sites for hydroxylation is 1. The zero-order valence-corrected chi connectivity index (χ0v) is 22.5. The van der Waals surface area contributed by atoms with Gasteiger partial charge in [-0.25, -0.2) is 9.69 Å². The SMILES string of the molecule is COc1cc(/C=C2\C(=O)NC(=O)N(c3ccc(Br)c(C)c3)C2=O)ccc1OCc1ccc(I)cc1. The first-order chi connectivity index (χ1) is 16.8. The average molecular weight is 647 g/mol. The second kappa shape index (κ2) is 10.6. The van der Waals surface area contributed by atoms with E-state index in [1.807, 2.05) is 31.2 Å². The number of ether oxygens (including phenoxy) is 2. The van der Waals surface area contributed by atoms with Gasteiger partial charge in [-0.3, -0.25) is 14.9 Å². The quantitative estimate of drug-likeness (QED) is 0.214. The summed E-state index contributed by atoms with van der Waals surface area (Å²) in [4.78, 5) is 39.1. The van der Waals surface area contributed by atoms with Gasteiger partial charge in [0.25, 0.3) is 11.8 Å². The van der Waals surface area contributed by atoms with Crippen LogP contribution in [0, 0.1) is 10.5 Å². The van der Waals surface area contributed by atoms with Gasteiger partial charge in [0.05, 0.1) is 12.8 Å². The van der Waals surface area contributed by atoms with Crippen molar-refractivity contribution in [3.63, 3.8) is 0 Å². The summed E-state index contributed by atoms with van der Waals surface area (Å²) in [6, 6.07) is 17.3. The fraction of sp³-hybridized carbons (Fsp3) is 0.115. The highest BCUT2D eigenvalue weighted by atomic mass is 127. The number of carbonyl (C=O) groups excluding carboxylic acids is 3. The van der Waals surface area contributed by atoms with Gasteiger partial charge < -0.3 is 9.47 Å². The van der Waals surface area contributed by atoms with Gasteiger partial charge in [0.15, 0.2) is 11.5 Å². The molecule has 0 bridgehead atoms. The number of barbiturate groups is 1. The highest BCUT2D eigenvalue weighted by Gasteiger charge is 2.37. The van der Waals surface area contributed by atoms with Crippen molar-refractivity contribution in [3.05, 3.63) is 91.0 Å². The molecule has 1 aliphatic rings. The third kappa shape index (κ3) is 5.57. The Morgan fingerprint density at radius 3 is 2.43 bits per heavy atom. The van der Waals surface area contributed by atoms with Gasteiger partial charge in [-0.15, -0.1) is 0 Å². The fourth-order valence-electron chi connectivity index (χ4n) is 3.46. The van der Waals surface area contributed by atoms with Crippen LogP contribution in [0.15, 0.2) is 70.7 Å². The maximum absolute atomic E-state index is 13.2. The van der Waals surface area contributed by atoms with Crippen LogP contribution in [0.2, 0.25) is 0 Å². The van der Waals surface area contributed by atoms with Crippen molar-refractivity contribution >= 4 is 68.1 Å². The summed E-state index contributed by atoms with van der Waals surface area (Å²) in [6.45, 7) is 2.20. The number of amides is 4. The molecule has 0 spiro atoms. The first-order valence-corrected chi connectivity index (χ1v) is 12.4. The van der Waals surface area contributed by atoms with E-state index in [1.54, 1.807) is 36.4 Å². The van der Waals surface area contributed by atoms with E-state index in [4.69, 9.17) is 9.47 Å². The average Bonchev–Trinajstić information content (AvgIpc) is 2.83. The molecular weight excluding hydrogens is 627 g/mol. The maximum atomic E-state index is 13.2. The van der Waals surface area contributed by atoms with E-state index in [2.05, 4.69) is 43.8 Å². The maximum Gasteiger partial charge on any atom is 0.335 e. The molecule has 3 aromatic carbocycles. The number of hydrogen-bond acceptors (Lipinski definition) is 5. The summed E-state index contributed by atoms with van der Waals surface area (Å²) in [6.07, 6.45) is 1.42. The number of benzene rings is 3. The number of rotatable bonds is 6. The summed E-state index contributed by atoms with van der Waals surface area (Å²) in [7, 11) is 1.51. The van der Waals surface area contributed by atoms with E-state index >= 15 is 0 Å². The monoisotopic (exact) mass is 646 g/mol. The molecule has 0 unspecified atom stereocenters. The number of imide groups is 2. The minimum atomic E-state index is -0.796. The number of urea groups is 1. The smallest absolute Gasteiger partial charge is 0.335 e. The number of anilines is 1. The standard InChI is InChI=1S/C26H20BrIN2O5/c1-15-11-19(8-9-21(15)27)30-25(32)20(24(31)29-26(30)33)12-17-5-10-22(23(13-17)34-2)35-14-16-3-6-18(28)7-4-16/h3-13H,14H2,1-2H3,(H,29,31,33)/b20-12+. The van der Waals surface area contributed by atoms with Gasteiger partial charge >= 0.3 is 6.03 Å². The number of nitrogens with one attached hydrogen (secondary N) is 1. The van der Waals surface area contributed by atoms with Crippen LogP contribution in [0.1, 0.15) is 16.7 Å². The number of carbonyl (C=O) groups is 3. The topological polar surface area (TPSA) is 84.9 Å². The molecule has 7 nitrogen and oxygen atoms in total. The van der Waals surface area contributed by atoms with E-state index in [1.165, 1.54) is 13.2 Å². The summed E-state index contributed by atoms with van der Waals surface area (Å²) in [5.74, 6) is -0.499. The van der Waals surface area contributed by atoms with Crippen molar-refractivity contribution in [1.29, 1.82) is 0 Å².